The van der Waals surface area contributed by atoms with Crippen molar-refractivity contribution < 1.29 is 24.0 Å². The van der Waals surface area contributed by atoms with Crippen LogP contribution in [0.4, 0.5) is 0 Å². The van der Waals surface area contributed by atoms with Crippen LogP contribution < -0.4 is 0 Å². The predicted molar refractivity (Wildman–Crippen MR) is 25.7 cm³/mol. The molecular weight excluding hydrogens is 233 g/mol. The van der Waals surface area contributed by atoms with Crippen molar-refractivity contribution in [3.8, 4) is 0 Å². The monoisotopic (exact) mass is 238 g/mol. The molecule has 0 unspecified atom stereocenters. The topological polar surface area (TPSA) is 85.8 Å². The molecule has 1 saturated heterocycles. The second-order valence-corrected chi connectivity index (χ2v) is 2.95. The normalized spacial score (nSPS) is 36.7. The summed E-state index contributed by atoms with van der Waals surface area (Å²) in [7, 11) is -4.80. The summed E-state index contributed by atoms with van der Waals surface area (Å²) in [4.78, 5) is 23.7. The second kappa shape index (κ2) is 1.51. The van der Waals surface area contributed by atoms with E-state index < -0.39 is 7.74 Å². The molecule has 0 radical (unpaired) electrons. The first-order valence-electron chi connectivity index (χ1n) is 1.13. The van der Waals surface area contributed by atoms with Crippen molar-refractivity contribution in [3.05, 3.63) is 0 Å². The van der Waals surface area contributed by atoms with Crippen molar-refractivity contribution in [3.63, 3.8) is 0 Å². The Morgan fingerprint density at radius 3 is 1.14 bits per heavy atom. The third-order valence-electron chi connectivity index (χ3n) is 0.275. The summed E-state index contributed by atoms with van der Waals surface area (Å²) in [6.07, 6.45) is 0. The van der Waals surface area contributed by atoms with Gasteiger partial charge in [0.25, 0.3) is 0 Å². The predicted octanol–water partition coefficient (Wildman–Crippen LogP) is -2.13. The minimum atomic E-state index is -4.80. The van der Waals surface area contributed by atoms with Crippen molar-refractivity contribution >= 4 is 32.2 Å². The molecule has 3 N–H and O–H groups in total. The van der Waals surface area contributed by atoms with Crippen LogP contribution in [0.15, 0.2) is 0 Å². The molecule has 0 spiro atoms. The standard InChI is InChI=1S/H3O5P.Sb.3H/c1-6(2,3)4-5-6;;;;/h1-3H;;;;. The Kier molecular flexibility index (Phi) is 1.74. The van der Waals surface area contributed by atoms with Gasteiger partial charge in [-0.05, 0) is 0 Å². The zero-order valence-electron chi connectivity index (χ0n) is 3.31. The number of hydrogen-bond acceptors (Lipinski definition) is 5. The summed E-state index contributed by atoms with van der Waals surface area (Å²) in [5.41, 5.74) is 0. The maximum absolute atomic E-state index is 7.89. The van der Waals surface area contributed by atoms with Crippen molar-refractivity contribution in [2.75, 3.05) is 0 Å². The summed E-state index contributed by atoms with van der Waals surface area (Å²) in [6, 6.07) is 0. The van der Waals surface area contributed by atoms with E-state index in [2.05, 4.69) is 9.35 Å². The van der Waals surface area contributed by atoms with Crippen LogP contribution in [-0.4, -0.2) is 39.1 Å². The average molecular weight is 239 g/mol. The number of hydrogen-bond donors (Lipinski definition) is 3. The molecule has 1 heterocycles. The van der Waals surface area contributed by atoms with Crippen LogP contribution in [0.5, 0.6) is 0 Å². The van der Waals surface area contributed by atoms with E-state index >= 15 is 0 Å². The Balaban J connectivity index is 0.000000360. The summed E-state index contributed by atoms with van der Waals surface area (Å²) >= 11 is 0. The van der Waals surface area contributed by atoms with Gasteiger partial charge in [-0.3, -0.25) is 0 Å². The van der Waals surface area contributed by atoms with Crippen LogP contribution in [0.3, 0.4) is 0 Å². The number of rotatable bonds is 0. The summed E-state index contributed by atoms with van der Waals surface area (Å²) in [5.74, 6) is 0. The Hall–Kier alpha value is 1.05. The van der Waals surface area contributed by atoms with Gasteiger partial charge in [0.15, 0.2) is 0 Å². The van der Waals surface area contributed by atoms with Crippen molar-refractivity contribution in [2.45, 2.75) is 0 Å². The van der Waals surface area contributed by atoms with Crippen LogP contribution >= 0.6 is 7.74 Å². The first kappa shape index (κ1) is 8.05. The Bertz CT molecular complexity index is 71.8. The molecule has 1 aliphatic heterocycles. The minimum absolute atomic E-state index is 0. The molecule has 0 aromatic heterocycles. The first-order valence-corrected chi connectivity index (χ1v) is 3.06. The van der Waals surface area contributed by atoms with Gasteiger partial charge in [0.2, 0.25) is 0 Å². The van der Waals surface area contributed by atoms with Crippen LogP contribution in [0, 0.1) is 0 Å². The molecule has 0 amide bonds. The molecule has 1 rings (SSSR count). The molecule has 0 aliphatic carbocycles. The third kappa shape index (κ3) is 2.77. The molecule has 1 aliphatic rings. The molecule has 7 heavy (non-hydrogen) atoms. The molecule has 0 atom stereocenters. The van der Waals surface area contributed by atoms with Gasteiger partial charge in [0.05, 0.1) is 0 Å². The molecule has 1 fully saturated rings. The molecular formula is H6O5PSb. The van der Waals surface area contributed by atoms with E-state index in [-0.39, 0.29) is 24.4 Å². The van der Waals surface area contributed by atoms with E-state index in [0.717, 1.165) is 0 Å². The van der Waals surface area contributed by atoms with E-state index in [0.29, 0.717) is 0 Å². The van der Waals surface area contributed by atoms with Crippen molar-refractivity contribution in [1.29, 1.82) is 0 Å². The van der Waals surface area contributed by atoms with Crippen molar-refractivity contribution in [2.24, 2.45) is 0 Å². The van der Waals surface area contributed by atoms with Crippen LogP contribution in [0.2, 0.25) is 0 Å². The fourth-order valence-corrected chi connectivity index (χ4v) is 0.402. The van der Waals surface area contributed by atoms with E-state index in [1.165, 1.54) is 0 Å². The second-order valence-electron chi connectivity index (χ2n) is 0.982. The fourth-order valence-electron chi connectivity index (χ4n) is 0.0447. The first-order chi connectivity index (χ1) is 2.47. The molecule has 0 aromatic carbocycles. The third-order valence-corrected chi connectivity index (χ3v) is 0.824. The molecule has 0 bridgehead atoms. The van der Waals surface area contributed by atoms with E-state index in [1.54, 1.807) is 0 Å². The maximum atomic E-state index is 7.89. The Labute approximate surface area is 56.6 Å². The van der Waals surface area contributed by atoms with Gasteiger partial charge >= 0.3 is 56.2 Å². The van der Waals surface area contributed by atoms with Crippen LogP contribution in [0.1, 0.15) is 0 Å². The Morgan fingerprint density at radius 2 is 1.14 bits per heavy atom. The van der Waals surface area contributed by atoms with E-state index in [1.807, 2.05) is 0 Å². The SMILES string of the molecule is OP1(O)(O)OO1.[SbH3]. The fraction of sp³-hybridized carbons (Fsp3) is 0. The molecule has 0 aromatic rings. The van der Waals surface area contributed by atoms with Gasteiger partial charge in [-0.1, -0.05) is 0 Å². The Morgan fingerprint density at radius 1 is 1.00 bits per heavy atom. The average Bonchev–Trinajstić information content (AvgIpc) is 1.73. The van der Waals surface area contributed by atoms with Gasteiger partial charge < -0.3 is 0 Å². The quantitative estimate of drug-likeness (QED) is 0.194. The van der Waals surface area contributed by atoms with Gasteiger partial charge in [-0.15, -0.1) is 0 Å². The van der Waals surface area contributed by atoms with Gasteiger partial charge in [0, 0.05) is 0 Å². The zero-order chi connectivity index (χ0) is 4.86. The van der Waals surface area contributed by atoms with Crippen LogP contribution in [0.25, 0.3) is 0 Å². The summed E-state index contributed by atoms with van der Waals surface area (Å²) < 4.78 is 6.76. The molecule has 0 saturated carbocycles. The van der Waals surface area contributed by atoms with E-state index in [9.17, 15) is 0 Å². The van der Waals surface area contributed by atoms with Crippen molar-refractivity contribution in [1.82, 2.24) is 0 Å². The molecule has 5 nitrogen and oxygen atoms in total. The van der Waals surface area contributed by atoms with E-state index in [4.69, 9.17) is 14.7 Å². The van der Waals surface area contributed by atoms with Gasteiger partial charge in [-0.2, -0.15) is 0 Å². The van der Waals surface area contributed by atoms with Gasteiger partial charge in [-0.25, -0.2) is 0 Å². The summed E-state index contributed by atoms with van der Waals surface area (Å²) in [5, 5.41) is 0. The van der Waals surface area contributed by atoms with Gasteiger partial charge in [0.1, 0.15) is 0 Å². The summed E-state index contributed by atoms with van der Waals surface area (Å²) in [6.45, 7) is 0. The molecule has 7 heteroatoms. The zero-order valence-corrected chi connectivity index (χ0v) is 8.24. The molecule has 46 valence electrons. The van der Waals surface area contributed by atoms with Crippen LogP contribution in [-0.2, 0) is 9.35 Å².